The van der Waals surface area contributed by atoms with Crippen LogP contribution in [0.3, 0.4) is 0 Å². The van der Waals surface area contributed by atoms with Crippen LogP contribution in [0.15, 0.2) is 29.3 Å². The summed E-state index contributed by atoms with van der Waals surface area (Å²) in [4.78, 5) is 15.0. The summed E-state index contributed by atoms with van der Waals surface area (Å²) < 4.78 is 8.19. The number of benzene rings is 1. The lowest BCUT2D eigenvalue weighted by Gasteiger charge is -2.15. The third kappa shape index (κ3) is 3.48. The van der Waals surface area contributed by atoms with Crippen molar-refractivity contribution in [2.24, 2.45) is 0 Å². The van der Waals surface area contributed by atoms with E-state index in [0.717, 1.165) is 22.4 Å². The number of aromatic amines is 1. The van der Waals surface area contributed by atoms with E-state index in [-0.39, 0.29) is 5.56 Å². The number of hydrogen-bond donors (Lipinski definition) is 1. The summed E-state index contributed by atoms with van der Waals surface area (Å²) in [7, 11) is 0. The highest BCUT2D eigenvalue weighted by Crippen LogP contribution is 2.31. The van der Waals surface area contributed by atoms with Crippen LogP contribution in [0.4, 0.5) is 0 Å². The maximum atomic E-state index is 12.1. The standard InChI is InChI=1S/C16H16IN5O2/c1-9-4-10(2)6-12(5-9)24-15-13(7-22-8-18-20-21-22)11(3)19-16(23)14(15)17/h4-6,8H,7H2,1-3H3,(H,19,23). The van der Waals surface area contributed by atoms with Gasteiger partial charge in [-0.05, 0) is 77.0 Å². The molecule has 0 saturated heterocycles. The van der Waals surface area contributed by atoms with Crippen LogP contribution in [0.5, 0.6) is 11.5 Å². The van der Waals surface area contributed by atoms with Gasteiger partial charge in [0.1, 0.15) is 15.6 Å². The highest BCUT2D eigenvalue weighted by molar-refractivity contribution is 14.1. The zero-order chi connectivity index (χ0) is 17.3. The molecule has 0 saturated carbocycles. The van der Waals surface area contributed by atoms with Gasteiger partial charge >= 0.3 is 0 Å². The molecule has 0 spiro atoms. The van der Waals surface area contributed by atoms with E-state index in [1.165, 1.54) is 6.33 Å². The van der Waals surface area contributed by atoms with Gasteiger partial charge in [0.05, 0.1) is 6.54 Å². The van der Waals surface area contributed by atoms with E-state index >= 15 is 0 Å². The molecule has 0 atom stereocenters. The summed E-state index contributed by atoms with van der Waals surface area (Å²) in [6.45, 7) is 6.27. The molecule has 7 nitrogen and oxygen atoms in total. The molecule has 0 unspecified atom stereocenters. The predicted molar refractivity (Wildman–Crippen MR) is 97.4 cm³/mol. The molecule has 1 N–H and O–H groups in total. The monoisotopic (exact) mass is 437 g/mol. The van der Waals surface area contributed by atoms with Gasteiger partial charge in [-0.3, -0.25) is 4.79 Å². The number of ether oxygens (including phenoxy) is 1. The summed E-state index contributed by atoms with van der Waals surface area (Å²) in [5, 5.41) is 11.2. The lowest BCUT2D eigenvalue weighted by atomic mass is 10.1. The molecule has 0 amide bonds. The lowest BCUT2D eigenvalue weighted by Crippen LogP contribution is -2.17. The van der Waals surface area contributed by atoms with Crippen LogP contribution < -0.4 is 10.3 Å². The van der Waals surface area contributed by atoms with Crippen molar-refractivity contribution in [1.29, 1.82) is 0 Å². The number of H-pyrrole nitrogens is 1. The Labute approximate surface area is 152 Å². The first-order valence-corrected chi connectivity index (χ1v) is 8.40. The first-order chi connectivity index (χ1) is 11.4. The number of nitrogens with one attached hydrogen (secondary N) is 1. The zero-order valence-corrected chi connectivity index (χ0v) is 15.7. The number of nitrogens with zero attached hydrogens (tertiary/aromatic N) is 4. The Morgan fingerprint density at radius 1 is 1.21 bits per heavy atom. The zero-order valence-electron chi connectivity index (χ0n) is 13.5. The molecule has 1 aromatic carbocycles. The first kappa shape index (κ1) is 16.6. The van der Waals surface area contributed by atoms with Crippen molar-refractivity contribution in [2.45, 2.75) is 27.3 Å². The van der Waals surface area contributed by atoms with Gasteiger partial charge in [0, 0.05) is 11.3 Å². The quantitative estimate of drug-likeness (QED) is 0.635. The molecule has 3 aromatic rings. The maximum Gasteiger partial charge on any atom is 0.265 e. The fourth-order valence-electron chi connectivity index (χ4n) is 2.53. The molecule has 2 heterocycles. The van der Waals surface area contributed by atoms with Crippen molar-refractivity contribution in [3.8, 4) is 11.5 Å². The summed E-state index contributed by atoms with van der Waals surface area (Å²) in [5.74, 6) is 1.24. The maximum absolute atomic E-state index is 12.1. The molecule has 0 aliphatic rings. The van der Waals surface area contributed by atoms with Gasteiger partial charge in [0.2, 0.25) is 0 Å². The molecule has 2 aromatic heterocycles. The molecule has 8 heteroatoms. The number of aryl methyl sites for hydroxylation is 3. The van der Waals surface area contributed by atoms with Crippen LogP contribution in [0, 0.1) is 24.3 Å². The van der Waals surface area contributed by atoms with Crippen LogP contribution >= 0.6 is 22.6 Å². The fraction of sp³-hybridized carbons (Fsp3) is 0.250. The number of rotatable bonds is 4. The van der Waals surface area contributed by atoms with Gasteiger partial charge in [-0.25, -0.2) is 4.68 Å². The Morgan fingerprint density at radius 2 is 1.92 bits per heavy atom. The van der Waals surface area contributed by atoms with Crippen molar-refractivity contribution in [2.75, 3.05) is 0 Å². The van der Waals surface area contributed by atoms with Crippen molar-refractivity contribution in [3.05, 3.63) is 60.8 Å². The topological polar surface area (TPSA) is 85.7 Å². The fourth-order valence-corrected chi connectivity index (χ4v) is 3.10. The lowest BCUT2D eigenvalue weighted by molar-refractivity contribution is 0.463. The molecular weight excluding hydrogens is 421 g/mol. The van der Waals surface area contributed by atoms with Crippen molar-refractivity contribution >= 4 is 22.6 Å². The van der Waals surface area contributed by atoms with Crippen LogP contribution in [-0.4, -0.2) is 25.2 Å². The third-order valence-electron chi connectivity index (χ3n) is 3.55. The van der Waals surface area contributed by atoms with Crippen molar-refractivity contribution in [1.82, 2.24) is 25.2 Å². The van der Waals surface area contributed by atoms with Gasteiger partial charge in [0.25, 0.3) is 5.56 Å². The third-order valence-corrected chi connectivity index (χ3v) is 4.53. The van der Waals surface area contributed by atoms with E-state index in [1.807, 2.05) is 55.5 Å². The van der Waals surface area contributed by atoms with Gasteiger partial charge in [0.15, 0.2) is 5.75 Å². The minimum atomic E-state index is -0.173. The molecule has 0 bridgehead atoms. The average molecular weight is 437 g/mol. The van der Waals surface area contributed by atoms with Crippen molar-refractivity contribution < 1.29 is 4.74 Å². The first-order valence-electron chi connectivity index (χ1n) is 7.32. The van der Waals surface area contributed by atoms with E-state index in [4.69, 9.17) is 4.74 Å². The minimum Gasteiger partial charge on any atom is -0.456 e. The summed E-state index contributed by atoms with van der Waals surface area (Å²) in [5.41, 5.74) is 3.60. The Hall–Kier alpha value is -2.23. The predicted octanol–water partition coefficient (Wildman–Crippen LogP) is 2.73. The SMILES string of the molecule is Cc1cc(C)cc(Oc2c(Cn3cnnn3)c(C)[nH]c(=O)c2I)c1. The van der Waals surface area contributed by atoms with Crippen LogP contribution in [0.25, 0.3) is 0 Å². The Kier molecular flexibility index (Phi) is 4.65. The second-order valence-corrected chi connectivity index (χ2v) is 6.71. The summed E-state index contributed by atoms with van der Waals surface area (Å²) in [6.07, 6.45) is 1.53. The molecule has 24 heavy (non-hydrogen) atoms. The average Bonchev–Trinajstić information content (AvgIpc) is 3.00. The Balaban J connectivity index is 2.09. The highest BCUT2D eigenvalue weighted by Gasteiger charge is 2.17. The second kappa shape index (κ2) is 6.71. The largest absolute Gasteiger partial charge is 0.456 e. The van der Waals surface area contributed by atoms with E-state index in [9.17, 15) is 4.79 Å². The van der Waals surface area contributed by atoms with E-state index < -0.39 is 0 Å². The number of halogens is 1. The summed E-state index contributed by atoms with van der Waals surface area (Å²) in [6, 6.07) is 5.96. The van der Waals surface area contributed by atoms with Gasteiger partial charge < -0.3 is 9.72 Å². The molecule has 0 aliphatic heterocycles. The van der Waals surface area contributed by atoms with Gasteiger partial charge in [-0.2, -0.15) is 0 Å². The molecule has 0 radical (unpaired) electrons. The smallest absolute Gasteiger partial charge is 0.265 e. The van der Waals surface area contributed by atoms with E-state index in [1.54, 1.807) is 4.68 Å². The minimum absolute atomic E-state index is 0.173. The Morgan fingerprint density at radius 3 is 2.54 bits per heavy atom. The summed E-state index contributed by atoms with van der Waals surface area (Å²) >= 11 is 2.00. The molecule has 0 fully saturated rings. The molecule has 0 aliphatic carbocycles. The number of hydrogen-bond acceptors (Lipinski definition) is 5. The Bertz CT molecular complexity index is 914. The van der Waals surface area contributed by atoms with Crippen LogP contribution in [-0.2, 0) is 6.54 Å². The van der Waals surface area contributed by atoms with E-state index in [2.05, 4.69) is 26.6 Å². The van der Waals surface area contributed by atoms with Crippen LogP contribution in [0.1, 0.15) is 22.4 Å². The normalized spacial score (nSPS) is 10.8. The molecular formula is C16H16IN5O2. The van der Waals surface area contributed by atoms with Crippen LogP contribution in [0.2, 0.25) is 0 Å². The number of aromatic nitrogens is 5. The van der Waals surface area contributed by atoms with E-state index in [0.29, 0.717) is 21.6 Å². The molecule has 124 valence electrons. The number of pyridine rings is 1. The second-order valence-electron chi connectivity index (χ2n) is 5.63. The van der Waals surface area contributed by atoms with Gasteiger partial charge in [-0.1, -0.05) is 6.07 Å². The highest BCUT2D eigenvalue weighted by atomic mass is 127. The van der Waals surface area contributed by atoms with Gasteiger partial charge in [-0.15, -0.1) is 5.10 Å². The number of tetrazole rings is 1. The molecule has 3 rings (SSSR count). The van der Waals surface area contributed by atoms with Crippen molar-refractivity contribution in [3.63, 3.8) is 0 Å².